The number of aromatic nitrogens is 2. The first-order valence-electron chi connectivity index (χ1n) is 9.73. The van der Waals surface area contributed by atoms with E-state index in [0.717, 1.165) is 18.7 Å². The standard InChI is InChI=1S/C22H18N2O6/c25-17(13-4-6-18-19(11-13)29-9-8-28-18)12-30-22(27)14-3-5-15-16(10-14)23-20-2-1-7-24(20)21(15)26/h3-6,10-11H,1-2,7-9,12H2. The minimum atomic E-state index is -0.648. The third-order valence-electron chi connectivity index (χ3n) is 5.25. The largest absolute Gasteiger partial charge is 0.486 e. The molecule has 0 N–H and O–H groups in total. The molecule has 2 aromatic carbocycles. The van der Waals surface area contributed by atoms with Crippen LogP contribution in [-0.2, 0) is 17.7 Å². The van der Waals surface area contributed by atoms with Gasteiger partial charge in [-0.15, -0.1) is 0 Å². The van der Waals surface area contributed by atoms with Crippen molar-refractivity contribution in [2.75, 3.05) is 19.8 Å². The quantitative estimate of drug-likeness (QED) is 0.484. The van der Waals surface area contributed by atoms with E-state index in [0.29, 0.717) is 47.7 Å². The number of benzene rings is 2. The zero-order valence-electron chi connectivity index (χ0n) is 16.1. The topological polar surface area (TPSA) is 96.7 Å². The molecule has 8 nitrogen and oxygen atoms in total. The fourth-order valence-corrected chi connectivity index (χ4v) is 3.73. The van der Waals surface area contributed by atoms with Crippen molar-refractivity contribution < 1.29 is 23.8 Å². The van der Waals surface area contributed by atoms with Crippen LogP contribution in [0.25, 0.3) is 10.9 Å². The summed E-state index contributed by atoms with van der Waals surface area (Å²) >= 11 is 0. The van der Waals surface area contributed by atoms with Gasteiger partial charge in [0.25, 0.3) is 5.56 Å². The van der Waals surface area contributed by atoms with Crippen molar-refractivity contribution in [3.05, 3.63) is 63.7 Å². The molecule has 0 saturated heterocycles. The Morgan fingerprint density at radius 3 is 2.70 bits per heavy atom. The number of hydrogen-bond acceptors (Lipinski definition) is 7. The fourth-order valence-electron chi connectivity index (χ4n) is 3.73. The second-order valence-corrected chi connectivity index (χ2v) is 7.18. The molecule has 2 aliphatic heterocycles. The van der Waals surface area contributed by atoms with Crippen LogP contribution in [0.5, 0.6) is 11.5 Å². The monoisotopic (exact) mass is 406 g/mol. The molecule has 0 radical (unpaired) electrons. The van der Waals surface area contributed by atoms with E-state index in [1.807, 2.05) is 0 Å². The first-order valence-corrected chi connectivity index (χ1v) is 9.73. The van der Waals surface area contributed by atoms with E-state index in [-0.39, 0.29) is 16.9 Å². The molecule has 0 aliphatic carbocycles. The van der Waals surface area contributed by atoms with Crippen molar-refractivity contribution in [1.82, 2.24) is 9.55 Å². The average Bonchev–Trinajstić information content (AvgIpc) is 3.25. The molecule has 0 atom stereocenters. The Labute approximate surface area is 171 Å². The molecule has 0 amide bonds. The maximum atomic E-state index is 12.5. The number of Topliss-reactive ketones (excluding diaryl/α,β-unsaturated/α-hetero) is 1. The van der Waals surface area contributed by atoms with Crippen LogP contribution in [-0.4, -0.2) is 41.1 Å². The van der Waals surface area contributed by atoms with Gasteiger partial charge in [0.05, 0.1) is 16.5 Å². The molecule has 0 saturated carbocycles. The van der Waals surface area contributed by atoms with Crippen LogP contribution in [0.2, 0.25) is 0 Å². The van der Waals surface area contributed by atoms with Gasteiger partial charge in [0.1, 0.15) is 19.0 Å². The van der Waals surface area contributed by atoms with Crippen molar-refractivity contribution in [2.45, 2.75) is 19.4 Å². The summed E-state index contributed by atoms with van der Waals surface area (Å²) in [5.41, 5.74) is 0.977. The Morgan fingerprint density at radius 2 is 1.83 bits per heavy atom. The molecule has 0 bridgehead atoms. The normalized spacial score (nSPS) is 14.4. The highest BCUT2D eigenvalue weighted by atomic mass is 16.6. The zero-order valence-corrected chi connectivity index (χ0v) is 16.1. The lowest BCUT2D eigenvalue weighted by atomic mass is 10.1. The lowest BCUT2D eigenvalue weighted by Crippen LogP contribution is -2.21. The number of aryl methyl sites for hydroxylation is 1. The summed E-state index contributed by atoms with van der Waals surface area (Å²) in [4.78, 5) is 41.9. The molecule has 30 heavy (non-hydrogen) atoms. The van der Waals surface area contributed by atoms with Gasteiger partial charge in [-0.05, 0) is 42.8 Å². The number of fused-ring (bicyclic) bond motifs is 3. The number of ether oxygens (including phenoxy) is 3. The van der Waals surface area contributed by atoms with Crippen molar-refractivity contribution in [3.8, 4) is 11.5 Å². The number of ketones is 1. The highest BCUT2D eigenvalue weighted by Crippen LogP contribution is 2.30. The number of hydrogen-bond donors (Lipinski definition) is 0. The van der Waals surface area contributed by atoms with E-state index in [1.54, 1.807) is 28.8 Å². The molecule has 1 aromatic heterocycles. The molecule has 8 heteroatoms. The van der Waals surface area contributed by atoms with Crippen LogP contribution in [0.15, 0.2) is 41.2 Å². The van der Waals surface area contributed by atoms with Gasteiger partial charge in [-0.2, -0.15) is 0 Å². The van der Waals surface area contributed by atoms with Crippen LogP contribution in [0.3, 0.4) is 0 Å². The molecule has 3 heterocycles. The Morgan fingerprint density at radius 1 is 1.03 bits per heavy atom. The van der Waals surface area contributed by atoms with Crippen molar-refractivity contribution in [1.29, 1.82) is 0 Å². The Bertz CT molecular complexity index is 1250. The summed E-state index contributed by atoms with van der Waals surface area (Å²) in [5, 5.41) is 0.463. The predicted molar refractivity (Wildman–Crippen MR) is 106 cm³/mol. The summed E-state index contributed by atoms with van der Waals surface area (Å²) in [6, 6.07) is 9.48. The van der Waals surface area contributed by atoms with Gasteiger partial charge >= 0.3 is 5.97 Å². The summed E-state index contributed by atoms with van der Waals surface area (Å²) < 4.78 is 17.8. The predicted octanol–water partition coefficient (Wildman–Crippen LogP) is 2.15. The van der Waals surface area contributed by atoms with Crippen LogP contribution < -0.4 is 15.0 Å². The Kier molecular flexibility index (Phi) is 4.46. The maximum Gasteiger partial charge on any atom is 0.338 e. The fraction of sp³-hybridized carbons (Fsp3) is 0.273. The van der Waals surface area contributed by atoms with Gasteiger partial charge in [-0.1, -0.05) is 0 Å². The van der Waals surface area contributed by atoms with Crippen molar-refractivity contribution in [2.24, 2.45) is 0 Å². The van der Waals surface area contributed by atoms with Crippen LogP contribution >= 0.6 is 0 Å². The first-order chi connectivity index (χ1) is 14.6. The van der Waals surface area contributed by atoms with E-state index in [9.17, 15) is 14.4 Å². The van der Waals surface area contributed by atoms with E-state index in [1.165, 1.54) is 12.1 Å². The number of rotatable bonds is 4. The molecule has 3 aromatic rings. The first kappa shape index (κ1) is 18.4. The zero-order chi connectivity index (χ0) is 20.7. The average molecular weight is 406 g/mol. The second-order valence-electron chi connectivity index (χ2n) is 7.18. The van der Waals surface area contributed by atoms with Gasteiger partial charge in [0, 0.05) is 18.5 Å². The summed E-state index contributed by atoms with van der Waals surface area (Å²) in [7, 11) is 0. The van der Waals surface area contributed by atoms with Gasteiger partial charge in [-0.3, -0.25) is 14.2 Å². The van der Waals surface area contributed by atoms with Gasteiger partial charge in [0.15, 0.2) is 23.9 Å². The number of nitrogens with zero attached hydrogens (tertiary/aromatic N) is 2. The van der Waals surface area contributed by atoms with Gasteiger partial charge < -0.3 is 14.2 Å². The molecule has 2 aliphatic rings. The lowest BCUT2D eigenvalue weighted by molar-refractivity contribution is 0.0474. The number of carbonyl (C=O) groups is 2. The summed E-state index contributed by atoms with van der Waals surface area (Å²) in [5.74, 6) is 0.811. The molecule has 0 spiro atoms. The van der Waals surface area contributed by atoms with Crippen LogP contribution in [0.1, 0.15) is 33.0 Å². The minimum Gasteiger partial charge on any atom is -0.486 e. The highest BCUT2D eigenvalue weighted by molar-refractivity contribution is 6.00. The maximum absolute atomic E-state index is 12.5. The molecular weight excluding hydrogens is 388 g/mol. The molecule has 5 rings (SSSR count). The third kappa shape index (κ3) is 3.20. The van der Waals surface area contributed by atoms with Crippen molar-refractivity contribution >= 4 is 22.7 Å². The van der Waals surface area contributed by atoms with E-state index in [2.05, 4.69) is 4.98 Å². The number of esters is 1. The smallest absolute Gasteiger partial charge is 0.338 e. The summed E-state index contributed by atoms with van der Waals surface area (Å²) in [6.45, 7) is 1.15. The SMILES string of the molecule is O=C(COC(=O)c1ccc2c(=O)n3c(nc2c1)CCC3)c1ccc2c(c1)OCCO2. The van der Waals surface area contributed by atoms with Gasteiger partial charge in [0.2, 0.25) is 0 Å². The molecule has 0 unspecified atom stereocenters. The van der Waals surface area contributed by atoms with E-state index < -0.39 is 12.6 Å². The second kappa shape index (κ2) is 7.29. The third-order valence-corrected chi connectivity index (χ3v) is 5.25. The lowest BCUT2D eigenvalue weighted by Gasteiger charge is -2.18. The Balaban J connectivity index is 1.32. The Hall–Kier alpha value is -3.68. The van der Waals surface area contributed by atoms with Crippen LogP contribution in [0, 0.1) is 0 Å². The molecule has 0 fully saturated rings. The molecular formula is C22H18N2O6. The highest BCUT2D eigenvalue weighted by Gasteiger charge is 2.19. The number of carbonyl (C=O) groups excluding carboxylic acids is 2. The molecule has 152 valence electrons. The van der Waals surface area contributed by atoms with Crippen molar-refractivity contribution in [3.63, 3.8) is 0 Å². The van der Waals surface area contributed by atoms with Crippen LogP contribution in [0.4, 0.5) is 0 Å². The van der Waals surface area contributed by atoms with E-state index >= 15 is 0 Å². The summed E-state index contributed by atoms with van der Waals surface area (Å²) in [6.07, 6.45) is 1.62. The van der Waals surface area contributed by atoms with E-state index in [4.69, 9.17) is 14.2 Å². The minimum absolute atomic E-state index is 0.0961. The van der Waals surface area contributed by atoms with Gasteiger partial charge in [-0.25, -0.2) is 9.78 Å².